The van der Waals surface area contributed by atoms with Crippen LogP contribution in [-0.4, -0.2) is 5.97 Å². The van der Waals surface area contributed by atoms with Crippen molar-refractivity contribution in [3.63, 3.8) is 0 Å². The molecule has 2 nitrogen and oxygen atoms in total. The molecule has 0 atom stereocenters. The summed E-state index contributed by atoms with van der Waals surface area (Å²) in [5.74, 6) is -0.226. The fourth-order valence-electron chi connectivity index (χ4n) is 1.75. The number of carbonyl (C=O) groups excluding carboxylic acids is 1. The largest absolute Gasteiger partial charge is 0.423 e. The van der Waals surface area contributed by atoms with Gasteiger partial charge in [-0.15, -0.1) is 0 Å². The highest BCUT2D eigenvalue weighted by Gasteiger charge is 2.02. The quantitative estimate of drug-likeness (QED) is 0.356. The zero-order valence-electron chi connectivity index (χ0n) is 11.6. The van der Waals surface area contributed by atoms with Crippen LogP contribution in [0.25, 0.3) is 11.1 Å². The van der Waals surface area contributed by atoms with Gasteiger partial charge in [0.1, 0.15) is 11.6 Å². The minimum Gasteiger partial charge on any atom is -0.423 e. The topological polar surface area (TPSA) is 26.3 Å². The van der Waals surface area contributed by atoms with Crippen molar-refractivity contribution < 1.29 is 13.9 Å². The standard InChI is InChI=1S/C18H15FO2/c1-2-3-4-5-18(20)21-17-12-8-15(9-13-17)14-6-10-16(19)11-7-14/h2-13H,1H3/b3-2+,5-4+. The van der Waals surface area contributed by atoms with Crippen LogP contribution in [0.5, 0.6) is 5.75 Å². The number of rotatable bonds is 4. The summed E-state index contributed by atoms with van der Waals surface area (Å²) in [5.41, 5.74) is 1.83. The van der Waals surface area contributed by atoms with Gasteiger partial charge in [0.05, 0.1) is 0 Å². The first-order chi connectivity index (χ1) is 10.2. The summed E-state index contributed by atoms with van der Waals surface area (Å²) in [4.78, 5) is 11.5. The number of esters is 1. The van der Waals surface area contributed by atoms with Gasteiger partial charge in [-0.05, 0) is 42.3 Å². The number of hydrogen-bond acceptors (Lipinski definition) is 2. The molecular formula is C18H15FO2. The molecule has 0 bridgehead atoms. The van der Waals surface area contributed by atoms with Crippen molar-refractivity contribution in [3.05, 3.63) is 78.7 Å². The van der Waals surface area contributed by atoms with E-state index in [1.807, 2.05) is 25.1 Å². The molecule has 0 saturated carbocycles. The highest BCUT2D eigenvalue weighted by atomic mass is 19.1. The molecule has 0 amide bonds. The molecule has 2 aromatic rings. The van der Waals surface area contributed by atoms with Crippen LogP contribution in [0, 0.1) is 5.82 Å². The van der Waals surface area contributed by atoms with Crippen molar-refractivity contribution in [3.8, 4) is 16.9 Å². The molecule has 0 fully saturated rings. The average molecular weight is 282 g/mol. The highest BCUT2D eigenvalue weighted by molar-refractivity contribution is 5.84. The number of benzene rings is 2. The molecule has 2 rings (SSSR count). The molecule has 3 heteroatoms. The molecule has 0 aliphatic heterocycles. The van der Waals surface area contributed by atoms with Crippen molar-refractivity contribution in [2.75, 3.05) is 0 Å². The third-order valence-electron chi connectivity index (χ3n) is 2.79. The van der Waals surface area contributed by atoms with E-state index >= 15 is 0 Å². The van der Waals surface area contributed by atoms with E-state index in [9.17, 15) is 9.18 Å². The Balaban J connectivity index is 2.05. The van der Waals surface area contributed by atoms with E-state index in [0.717, 1.165) is 11.1 Å². The molecule has 0 aromatic heterocycles. The normalized spacial score (nSPS) is 11.1. The van der Waals surface area contributed by atoms with Crippen molar-refractivity contribution in [2.24, 2.45) is 0 Å². The van der Waals surface area contributed by atoms with E-state index in [-0.39, 0.29) is 5.82 Å². The summed E-state index contributed by atoms with van der Waals surface area (Å²) in [7, 11) is 0. The van der Waals surface area contributed by atoms with Gasteiger partial charge < -0.3 is 4.74 Å². The second-order valence-corrected chi connectivity index (χ2v) is 4.34. The van der Waals surface area contributed by atoms with Crippen LogP contribution in [0.4, 0.5) is 4.39 Å². The smallest absolute Gasteiger partial charge is 0.336 e. The van der Waals surface area contributed by atoms with E-state index in [2.05, 4.69) is 0 Å². The Labute approximate surface area is 123 Å². The number of carbonyl (C=O) groups is 1. The van der Waals surface area contributed by atoms with Gasteiger partial charge in [-0.2, -0.15) is 0 Å². The van der Waals surface area contributed by atoms with Crippen molar-refractivity contribution in [1.29, 1.82) is 0 Å². The first kappa shape index (κ1) is 14.7. The second kappa shape index (κ2) is 7.20. The second-order valence-electron chi connectivity index (χ2n) is 4.34. The molecule has 106 valence electrons. The van der Waals surface area contributed by atoms with Gasteiger partial charge in [0.15, 0.2) is 0 Å². The van der Waals surface area contributed by atoms with E-state index in [0.29, 0.717) is 5.75 Å². The molecular weight excluding hydrogens is 267 g/mol. The monoisotopic (exact) mass is 282 g/mol. The maximum atomic E-state index is 12.9. The van der Waals surface area contributed by atoms with Gasteiger partial charge in [-0.25, -0.2) is 9.18 Å². The van der Waals surface area contributed by atoms with Gasteiger partial charge in [0.25, 0.3) is 0 Å². The highest BCUT2D eigenvalue weighted by Crippen LogP contribution is 2.22. The molecule has 0 saturated heterocycles. The van der Waals surface area contributed by atoms with E-state index in [1.54, 1.807) is 36.4 Å². The summed E-state index contributed by atoms with van der Waals surface area (Å²) in [6, 6.07) is 13.3. The average Bonchev–Trinajstić information content (AvgIpc) is 2.49. The van der Waals surface area contributed by atoms with Crippen molar-refractivity contribution >= 4 is 5.97 Å². The Morgan fingerprint density at radius 2 is 1.52 bits per heavy atom. The first-order valence-corrected chi connectivity index (χ1v) is 6.56. The van der Waals surface area contributed by atoms with Crippen LogP contribution in [-0.2, 0) is 4.79 Å². The lowest BCUT2D eigenvalue weighted by molar-refractivity contribution is -0.128. The molecule has 21 heavy (non-hydrogen) atoms. The van der Waals surface area contributed by atoms with Crippen LogP contribution in [0.1, 0.15) is 6.92 Å². The number of hydrogen-bond donors (Lipinski definition) is 0. The Kier molecular flexibility index (Phi) is 5.04. The van der Waals surface area contributed by atoms with Gasteiger partial charge in [0, 0.05) is 6.08 Å². The SMILES string of the molecule is C/C=C/C=C/C(=O)Oc1ccc(-c2ccc(F)cc2)cc1. The van der Waals surface area contributed by atoms with Crippen molar-refractivity contribution in [2.45, 2.75) is 6.92 Å². The Hall–Kier alpha value is -2.68. The summed E-state index contributed by atoms with van der Waals surface area (Å²) < 4.78 is 18.0. The molecule has 0 aliphatic rings. The minimum absolute atomic E-state index is 0.266. The number of ether oxygens (including phenoxy) is 1. The van der Waals surface area contributed by atoms with Crippen LogP contribution in [0.3, 0.4) is 0 Å². The van der Waals surface area contributed by atoms with Gasteiger partial charge in [-0.3, -0.25) is 0 Å². The van der Waals surface area contributed by atoms with Crippen LogP contribution in [0.2, 0.25) is 0 Å². The molecule has 0 radical (unpaired) electrons. The van der Waals surface area contributed by atoms with Crippen LogP contribution in [0.15, 0.2) is 72.8 Å². The first-order valence-electron chi connectivity index (χ1n) is 6.56. The maximum Gasteiger partial charge on any atom is 0.336 e. The Morgan fingerprint density at radius 3 is 2.10 bits per heavy atom. The molecule has 0 spiro atoms. The predicted molar refractivity (Wildman–Crippen MR) is 81.4 cm³/mol. The number of allylic oxidation sites excluding steroid dienone is 3. The van der Waals surface area contributed by atoms with Crippen LogP contribution >= 0.6 is 0 Å². The van der Waals surface area contributed by atoms with Crippen LogP contribution < -0.4 is 4.74 Å². The van der Waals surface area contributed by atoms with Gasteiger partial charge in [0.2, 0.25) is 0 Å². The summed E-state index contributed by atoms with van der Waals surface area (Å²) in [6.45, 7) is 1.86. The lowest BCUT2D eigenvalue weighted by atomic mass is 10.1. The lowest BCUT2D eigenvalue weighted by Gasteiger charge is -2.04. The Bertz CT molecular complexity index is 653. The molecule has 0 N–H and O–H groups in total. The predicted octanol–water partition coefficient (Wildman–Crippen LogP) is 4.53. The molecule has 0 aliphatic carbocycles. The van der Waals surface area contributed by atoms with E-state index in [4.69, 9.17) is 4.74 Å². The third-order valence-corrected chi connectivity index (χ3v) is 2.79. The zero-order chi connectivity index (χ0) is 15.1. The molecule has 0 unspecified atom stereocenters. The summed E-state index contributed by atoms with van der Waals surface area (Å²) in [6.07, 6.45) is 6.54. The fraction of sp³-hybridized carbons (Fsp3) is 0.0556. The lowest BCUT2D eigenvalue weighted by Crippen LogP contribution is -2.03. The van der Waals surface area contributed by atoms with Gasteiger partial charge >= 0.3 is 5.97 Å². The fourth-order valence-corrected chi connectivity index (χ4v) is 1.75. The van der Waals surface area contributed by atoms with E-state index < -0.39 is 5.97 Å². The molecule has 2 aromatic carbocycles. The zero-order valence-corrected chi connectivity index (χ0v) is 11.6. The molecule has 0 heterocycles. The number of halogens is 1. The van der Waals surface area contributed by atoms with Gasteiger partial charge in [-0.1, -0.05) is 42.5 Å². The minimum atomic E-state index is -0.428. The third kappa shape index (κ3) is 4.42. The van der Waals surface area contributed by atoms with Crippen molar-refractivity contribution in [1.82, 2.24) is 0 Å². The summed E-state index contributed by atoms with van der Waals surface area (Å²) >= 11 is 0. The van der Waals surface area contributed by atoms with E-state index in [1.165, 1.54) is 18.2 Å². The maximum absolute atomic E-state index is 12.9. The summed E-state index contributed by atoms with van der Waals surface area (Å²) in [5, 5.41) is 0. The Morgan fingerprint density at radius 1 is 0.952 bits per heavy atom.